The van der Waals surface area contributed by atoms with Crippen molar-refractivity contribution in [1.82, 2.24) is 5.32 Å². The Kier molecular flexibility index (Phi) is 2.47. The van der Waals surface area contributed by atoms with Crippen LogP contribution < -0.4 is 5.32 Å². The number of carbonyl (C=O) groups is 1. The van der Waals surface area contributed by atoms with Crippen molar-refractivity contribution in [1.29, 1.82) is 0 Å². The Balaban J connectivity index is 2.19. The van der Waals surface area contributed by atoms with Crippen molar-refractivity contribution in [3.8, 4) is 0 Å². The molecule has 2 nitrogen and oxygen atoms in total. The molecule has 1 aliphatic rings. The van der Waals surface area contributed by atoms with E-state index in [4.69, 9.17) is 0 Å². The van der Waals surface area contributed by atoms with Crippen LogP contribution in [0.15, 0.2) is 28.7 Å². The highest BCUT2D eigenvalue weighted by Crippen LogP contribution is 2.15. The van der Waals surface area contributed by atoms with Crippen LogP contribution in [-0.4, -0.2) is 18.4 Å². The van der Waals surface area contributed by atoms with E-state index >= 15 is 0 Å². The number of nitrogens with one attached hydrogen (secondary N) is 1. The maximum Gasteiger partial charge on any atom is 0.179 e. The fourth-order valence-electron chi connectivity index (χ4n) is 1.36. The van der Waals surface area contributed by atoms with Crippen LogP contribution in [0.4, 0.5) is 0 Å². The number of hydrogen-bond acceptors (Lipinski definition) is 2. The minimum absolute atomic E-state index is 0.0503. The smallest absolute Gasteiger partial charge is 0.179 e. The molecule has 1 fully saturated rings. The number of rotatable bonds is 2. The number of benzene rings is 1. The molecule has 1 heterocycles. The van der Waals surface area contributed by atoms with Gasteiger partial charge in [0.05, 0.1) is 6.04 Å². The molecule has 1 atom stereocenters. The second-order valence-corrected chi connectivity index (χ2v) is 4.09. The van der Waals surface area contributed by atoms with Gasteiger partial charge in [-0.1, -0.05) is 28.1 Å². The van der Waals surface area contributed by atoms with Gasteiger partial charge in [0.1, 0.15) is 0 Å². The van der Waals surface area contributed by atoms with E-state index in [0.29, 0.717) is 0 Å². The van der Waals surface area contributed by atoms with E-state index in [1.165, 1.54) is 0 Å². The van der Waals surface area contributed by atoms with Gasteiger partial charge in [0, 0.05) is 10.0 Å². The van der Waals surface area contributed by atoms with Gasteiger partial charge in [-0.2, -0.15) is 0 Å². The van der Waals surface area contributed by atoms with E-state index in [9.17, 15) is 4.79 Å². The summed E-state index contributed by atoms with van der Waals surface area (Å²) in [6.45, 7) is 0.963. The van der Waals surface area contributed by atoms with E-state index < -0.39 is 0 Å². The van der Waals surface area contributed by atoms with Crippen molar-refractivity contribution in [2.45, 2.75) is 12.5 Å². The van der Waals surface area contributed by atoms with Crippen molar-refractivity contribution in [2.24, 2.45) is 0 Å². The average molecular weight is 240 g/mol. The minimum Gasteiger partial charge on any atom is -0.307 e. The van der Waals surface area contributed by atoms with Crippen molar-refractivity contribution >= 4 is 21.7 Å². The zero-order valence-corrected chi connectivity index (χ0v) is 8.67. The molecular formula is C10H10BrNO. The Morgan fingerprint density at radius 3 is 2.85 bits per heavy atom. The third-order valence-electron chi connectivity index (χ3n) is 2.25. The topological polar surface area (TPSA) is 29.1 Å². The summed E-state index contributed by atoms with van der Waals surface area (Å²) in [5, 5.41) is 3.10. The predicted octanol–water partition coefficient (Wildman–Crippen LogP) is 1.99. The van der Waals surface area contributed by atoms with Crippen molar-refractivity contribution in [3.63, 3.8) is 0 Å². The van der Waals surface area contributed by atoms with E-state index in [-0.39, 0.29) is 11.8 Å². The van der Waals surface area contributed by atoms with E-state index in [0.717, 1.165) is 23.0 Å². The molecule has 1 aromatic carbocycles. The molecule has 1 saturated heterocycles. The Bertz CT molecular complexity index is 333. The van der Waals surface area contributed by atoms with E-state index in [1.54, 1.807) is 0 Å². The summed E-state index contributed by atoms with van der Waals surface area (Å²) in [6.07, 6.45) is 0.964. The van der Waals surface area contributed by atoms with Crippen molar-refractivity contribution < 1.29 is 4.79 Å². The highest BCUT2D eigenvalue weighted by molar-refractivity contribution is 9.10. The molecule has 0 radical (unpaired) electrons. The lowest BCUT2D eigenvalue weighted by Crippen LogP contribution is -2.48. The highest BCUT2D eigenvalue weighted by atomic mass is 79.9. The number of hydrogen-bond donors (Lipinski definition) is 1. The molecule has 0 aliphatic carbocycles. The van der Waals surface area contributed by atoms with Gasteiger partial charge in [0.2, 0.25) is 0 Å². The van der Waals surface area contributed by atoms with Gasteiger partial charge in [-0.15, -0.1) is 0 Å². The lowest BCUT2D eigenvalue weighted by Gasteiger charge is -2.26. The molecule has 1 aliphatic heterocycles. The first-order valence-corrected chi connectivity index (χ1v) is 5.10. The molecule has 68 valence electrons. The van der Waals surface area contributed by atoms with Crippen LogP contribution >= 0.6 is 15.9 Å². The fourth-order valence-corrected chi connectivity index (χ4v) is 1.75. The van der Waals surface area contributed by atoms with Crippen LogP contribution in [0, 0.1) is 0 Å². The summed E-state index contributed by atoms with van der Waals surface area (Å²) in [7, 11) is 0. The van der Waals surface area contributed by atoms with Gasteiger partial charge in [0.15, 0.2) is 5.78 Å². The Morgan fingerprint density at radius 2 is 2.31 bits per heavy atom. The number of halogens is 1. The largest absolute Gasteiger partial charge is 0.307 e. The summed E-state index contributed by atoms with van der Waals surface area (Å²) in [4.78, 5) is 11.7. The maximum atomic E-state index is 11.7. The normalized spacial score (nSPS) is 20.8. The second kappa shape index (κ2) is 3.60. The number of carbonyl (C=O) groups excluding carboxylic acids is 1. The van der Waals surface area contributed by atoms with Gasteiger partial charge in [-0.3, -0.25) is 4.79 Å². The first-order valence-electron chi connectivity index (χ1n) is 4.30. The van der Waals surface area contributed by atoms with Crippen LogP contribution in [0.25, 0.3) is 0 Å². The highest BCUT2D eigenvalue weighted by Gasteiger charge is 2.25. The fraction of sp³-hybridized carbons (Fsp3) is 0.300. The quantitative estimate of drug-likeness (QED) is 0.801. The zero-order valence-electron chi connectivity index (χ0n) is 7.09. The van der Waals surface area contributed by atoms with Gasteiger partial charge in [0.25, 0.3) is 0 Å². The SMILES string of the molecule is O=C(c1cccc(Br)c1)C1CCN1. The average Bonchev–Trinajstić information content (AvgIpc) is 2.01. The number of ketones is 1. The van der Waals surface area contributed by atoms with Crippen molar-refractivity contribution in [2.75, 3.05) is 6.54 Å². The summed E-state index contributed by atoms with van der Waals surface area (Å²) >= 11 is 3.35. The molecule has 0 spiro atoms. The molecule has 0 aromatic heterocycles. The number of Topliss-reactive ketones (excluding diaryl/α,β-unsaturated/α-hetero) is 1. The molecule has 0 bridgehead atoms. The van der Waals surface area contributed by atoms with E-state index in [2.05, 4.69) is 21.2 Å². The monoisotopic (exact) mass is 239 g/mol. The maximum absolute atomic E-state index is 11.7. The molecular weight excluding hydrogens is 230 g/mol. The Labute approximate surface area is 85.5 Å². The van der Waals surface area contributed by atoms with Crippen LogP contribution in [-0.2, 0) is 0 Å². The molecule has 3 heteroatoms. The minimum atomic E-state index is 0.0503. The first kappa shape index (κ1) is 8.91. The van der Waals surface area contributed by atoms with Gasteiger partial charge in [-0.25, -0.2) is 0 Å². The zero-order chi connectivity index (χ0) is 9.26. The molecule has 1 N–H and O–H groups in total. The summed E-state index contributed by atoms with van der Waals surface area (Å²) < 4.78 is 0.956. The lowest BCUT2D eigenvalue weighted by molar-refractivity contribution is 0.0904. The standard InChI is InChI=1S/C10H10BrNO/c11-8-3-1-2-7(6-8)10(13)9-4-5-12-9/h1-3,6,9,12H,4-5H2. The first-order chi connectivity index (χ1) is 6.27. The van der Waals surface area contributed by atoms with Crippen LogP contribution in [0.1, 0.15) is 16.8 Å². The predicted molar refractivity (Wildman–Crippen MR) is 54.9 cm³/mol. The molecule has 13 heavy (non-hydrogen) atoms. The van der Waals surface area contributed by atoms with Gasteiger partial charge >= 0.3 is 0 Å². The third kappa shape index (κ3) is 1.81. The Hall–Kier alpha value is -0.670. The molecule has 0 saturated carbocycles. The molecule has 2 rings (SSSR count). The van der Waals surface area contributed by atoms with Gasteiger partial charge < -0.3 is 5.32 Å². The van der Waals surface area contributed by atoms with Crippen LogP contribution in [0.5, 0.6) is 0 Å². The van der Waals surface area contributed by atoms with Crippen LogP contribution in [0.2, 0.25) is 0 Å². The van der Waals surface area contributed by atoms with E-state index in [1.807, 2.05) is 24.3 Å². The summed E-state index contributed by atoms with van der Waals surface area (Å²) in [5.74, 6) is 0.201. The molecule has 1 aromatic rings. The van der Waals surface area contributed by atoms with Crippen LogP contribution in [0.3, 0.4) is 0 Å². The summed E-state index contributed by atoms with van der Waals surface area (Å²) in [6, 6.07) is 7.57. The molecule has 0 amide bonds. The Morgan fingerprint density at radius 1 is 1.54 bits per heavy atom. The van der Waals surface area contributed by atoms with Gasteiger partial charge in [-0.05, 0) is 25.1 Å². The second-order valence-electron chi connectivity index (χ2n) is 3.17. The lowest BCUT2D eigenvalue weighted by atomic mass is 9.97. The molecule has 1 unspecified atom stereocenters. The summed E-state index contributed by atoms with van der Waals surface area (Å²) in [5.41, 5.74) is 0.784. The third-order valence-corrected chi connectivity index (χ3v) is 2.74. The van der Waals surface area contributed by atoms with Crippen molar-refractivity contribution in [3.05, 3.63) is 34.3 Å².